The number of ether oxygens (including phenoxy) is 1. The van der Waals surface area contributed by atoms with Crippen LogP contribution < -0.4 is 10.5 Å². The number of carbonyl (C=O) groups is 2. The van der Waals surface area contributed by atoms with Crippen LogP contribution in [-0.4, -0.2) is 23.8 Å². The molecule has 0 aliphatic carbocycles. The zero-order valence-corrected chi connectivity index (χ0v) is 23.9. The summed E-state index contributed by atoms with van der Waals surface area (Å²) in [6, 6.07) is 12.8. The highest BCUT2D eigenvalue weighted by molar-refractivity contribution is 9.10. The number of fused-ring (bicyclic) bond motifs is 1. The van der Waals surface area contributed by atoms with E-state index in [1.54, 1.807) is 24.3 Å². The van der Waals surface area contributed by atoms with Crippen molar-refractivity contribution in [1.82, 2.24) is 4.90 Å². The van der Waals surface area contributed by atoms with Crippen molar-refractivity contribution in [2.75, 3.05) is 7.11 Å². The minimum Gasteiger partial charge on any atom is -0.497 e. The lowest BCUT2D eigenvalue weighted by Crippen LogP contribution is -2.28. The van der Waals surface area contributed by atoms with Crippen LogP contribution in [-0.2, 0) is 12.7 Å². The zero-order valence-electron chi connectivity index (χ0n) is 21.5. The molecule has 4 aromatic carbocycles. The molecule has 5 rings (SSSR count). The second kappa shape index (κ2) is 11.0. The van der Waals surface area contributed by atoms with Gasteiger partial charge in [0.15, 0.2) is 0 Å². The summed E-state index contributed by atoms with van der Waals surface area (Å²) in [6.07, 6.45) is -4.97. The average Bonchev–Trinajstić information content (AvgIpc) is 3.19. The Kier molecular flexibility index (Phi) is 7.76. The van der Waals surface area contributed by atoms with Gasteiger partial charge in [0.25, 0.3) is 5.91 Å². The highest BCUT2D eigenvalue weighted by atomic mass is 79.9. The van der Waals surface area contributed by atoms with E-state index in [0.717, 1.165) is 12.1 Å². The van der Waals surface area contributed by atoms with Crippen molar-refractivity contribution < 1.29 is 36.3 Å². The first-order chi connectivity index (χ1) is 19.8. The number of halogens is 7. The molecule has 12 heteroatoms. The van der Waals surface area contributed by atoms with Crippen LogP contribution in [0.1, 0.15) is 49.0 Å². The fourth-order valence-electron chi connectivity index (χ4n) is 5.10. The van der Waals surface area contributed by atoms with E-state index < -0.39 is 52.4 Å². The molecular weight excluding hydrogens is 647 g/mol. The molecule has 1 aliphatic heterocycles. The van der Waals surface area contributed by atoms with Gasteiger partial charge >= 0.3 is 6.18 Å². The number of carbonyl (C=O) groups excluding carboxylic acids is 2. The van der Waals surface area contributed by atoms with E-state index in [9.17, 15) is 27.2 Å². The van der Waals surface area contributed by atoms with Crippen molar-refractivity contribution in [3.05, 3.63) is 121 Å². The first-order valence-corrected chi connectivity index (χ1v) is 13.4. The van der Waals surface area contributed by atoms with Gasteiger partial charge in [-0.1, -0.05) is 39.7 Å². The second-order valence-corrected chi connectivity index (χ2v) is 10.8. The molecule has 42 heavy (non-hydrogen) atoms. The summed E-state index contributed by atoms with van der Waals surface area (Å²) in [5, 5.41) is 0.0821. The number of nitrogens with zero attached hydrogens (tertiary/aromatic N) is 1. The fraction of sp³-hybridized carbons (Fsp3) is 0.133. The lowest BCUT2D eigenvalue weighted by atomic mass is 9.87. The molecule has 0 saturated carbocycles. The Morgan fingerprint density at radius 1 is 1.02 bits per heavy atom. The smallest absolute Gasteiger partial charge is 0.416 e. The predicted molar refractivity (Wildman–Crippen MR) is 149 cm³/mol. The summed E-state index contributed by atoms with van der Waals surface area (Å²) in [7, 11) is 1.50. The van der Waals surface area contributed by atoms with Crippen LogP contribution in [0.5, 0.6) is 5.75 Å². The molecule has 5 nitrogen and oxygen atoms in total. The van der Waals surface area contributed by atoms with Crippen LogP contribution in [0.3, 0.4) is 0 Å². The molecule has 1 unspecified atom stereocenters. The number of rotatable bonds is 6. The van der Waals surface area contributed by atoms with E-state index in [2.05, 4.69) is 15.9 Å². The Balaban J connectivity index is 1.80. The topological polar surface area (TPSA) is 72.6 Å². The number of alkyl halides is 3. The molecule has 4 aromatic rings. The molecule has 0 bridgehead atoms. The molecule has 0 fully saturated rings. The Hall–Kier alpha value is -3.96. The standard InChI is InChI=1S/C30H19BrClF5N2O3/c1-42-18-5-2-14(3-6-18)13-39-27(19-12-17(33)4-7-23(19)32)26-20(10-16(31)11-22(26)29(39)41)25-21(28(38)40)8-15(9-24(25)34)30(35,36)37/h2-12,27H,13H2,1H3,(H2,38,40). The van der Waals surface area contributed by atoms with Gasteiger partial charge in [0.1, 0.15) is 17.4 Å². The maximum absolute atomic E-state index is 15.7. The Bertz CT molecular complexity index is 1740. The van der Waals surface area contributed by atoms with Gasteiger partial charge < -0.3 is 15.4 Å². The van der Waals surface area contributed by atoms with Crippen molar-refractivity contribution in [1.29, 1.82) is 0 Å². The van der Waals surface area contributed by atoms with Crippen LogP contribution in [0.2, 0.25) is 5.02 Å². The van der Waals surface area contributed by atoms with Crippen molar-refractivity contribution >= 4 is 39.3 Å². The van der Waals surface area contributed by atoms with Gasteiger partial charge in [-0.3, -0.25) is 9.59 Å². The number of amides is 2. The first-order valence-electron chi connectivity index (χ1n) is 12.2. The molecule has 0 aromatic heterocycles. The van der Waals surface area contributed by atoms with Crippen molar-refractivity contribution in [3.8, 4) is 16.9 Å². The summed E-state index contributed by atoms with van der Waals surface area (Å²) in [5.74, 6) is -3.34. The summed E-state index contributed by atoms with van der Waals surface area (Å²) in [4.78, 5) is 27.7. The third-order valence-corrected chi connectivity index (χ3v) is 7.74. The largest absolute Gasteiger partial charge is 0.497 e. The SMILES string of the molecule is COc1ccc(CN2C(=O)c3cc(Br)cc(-c4c(F)cc(C(F)(F)F)cc4C(N)=O)c3C2c2cc(F)ccc2Cl)cc1. The summed E-state index contributed by atoms with van der Waals surface area (Å²) >= 11 is 9.80. The van der Waals surface area contributed by atoms with Crippen molar-refractivity contribution in [3.63, 3.8) is 0 Å². The van der Waals surface area contributed by atoms with Gasteiger partial charge in [0.2, 0.25) is 5.91 Å². The summed E-state index contributed by atoms with van der Waals surface area (Å²) < 4.78 is 76.2. The Labute approximate surface area is 249 Å². The molecule has 0 spiro atoms. The summed E-state index contributed by atoms with van der Waals surface area (Å²) in [5.41, 5.74) is 3.64. The first kappa shape index (κ1) is 29.5. The molecule has 2 amide bonds. The number of benzene rings is 4. The van der Waals surface area contributed by atoms with E-state index in [1.807, 2.05) is 0 Å². The van der Waals surface area contributed by atoms with Crippen LogP contribution in [0.4, 0.5) is 22.0 Å². The van der Waals surface area contributed by atoms with Crippen LogP contribution in [0, 0.1) is 11.6 Å². The van der Waals surface area contributed by atoms with Crippen LogP contribution >= 0.6 is 27.5 Å². The zero-order chi connectivity index (χ0) is 30.5. The van der Waals surface area contributed by atoms with Gasteiger partial charge in [-0.15, -0.1) is 0 Å². The van der Waals surface area contributed by atoms with Gasteiger partial charge in [-0.2, -0.15) is 13.2 Å². The third-order valence-electron chi connectivity index (χ3n) is 6.94. The number of hydrogen-bond acceptors (Lipinski definition) is 3. The van der Waals surface area contributed by atoms with Crippen molar-refractivity contribution in [2.45, 2.75) is 18.8 Å². The predicted octanol–water partition coefficient (Wildman–Crippen LogP) is 7.92. The molecule has 1 atom stereocenters. The second-order valence-electron chi connectivity index (χ2n) is 9.51. The lowest BCUT2D eigenvalue weighted by molar-refractivity contribution is -0.137. The molecule has 0 radical (unpaired) electrons. The molecular formula is C30H19BrClF5N2O3. The Morgan fingerprint density at radius 3 is 2.31 bits per heavy atom. The minimum absolute atomic E-state index is 0.00968. The van der Waals surface area contributed by atoms with Gasteiger partial charge in [-0.05, 0) is 71.3 Å². The van der Waals surface area contributed by atoms with Crippen molar-refractivity contribution in [2.24, 2.45) is 5.73 Å². The highest BCUT2D eigenvalue weighted by Crippen LogP contribution is 2.49. The summed E-state index contributed by atoms with van der Waals surface area (Å²) in [6.45, 7) is -0.00968. The van der Waals surface area contributed by atoms with Crippen LogP contribution in [0.15, 0.2) is 71.2 Å². The van der Waals surface area contributed by atoms with E-state index in [1.165, 1.54) is 30.2 Å². The molecule has 2 N–H and O–H groups in total. The van der Waals surface area contributed by atoms with E-state index in [0.29, 0.717) is 17.4 Å². The molecule has 1 aliphatic rings. The quantitative estimate of drug-likeness (QED) is 0.213. The van der Waals surface area contributed by atoms with Gasteiger partial charge in [0, 0.05) is 32.7 Å². The van der Waals surface area contributed by atoms with E-state index in [-0.39, 0.29) is 44.4 Å². The minimum atomic E-state index is -4.97. The van der Waals surface area contributed by atoms with Gasteiger partial charge in [0.05, 0.1) is 24.3 Å². The van der Waals surface area contributed by atoms with E-state index >= 15 is 4.39 Å². The number of primary amides is 1. The fourth-order valence-corrected chi connectivity index (χ4v) is 5.78. The number of methoxy groups -OCH3 is 1. The monoisotopic (exact) mass is 664 g/mol. The normalized spacial score (nSPS) is 14.7. The number of hydrogen-bond donors (Lipinski definition) is 1. The lowest BCUT2D eigenvalue weighted by Gasteiger charge is -2.28. The molecule has 0 saturated heterocycles. The molecule has 1 heterocycles. The third kappa shape index (κ3) is 5.34. The molecule has 216 valence electrons. The highest BCUT2D eigenvalue weighted by Gasteiger charge is 2.42. The maximum Gasteiger partial charge on any atom is 0.416 e. The number of nitrogens with two attached hydrogens (primary N) is 1. The Morgan fingerprint density at radius 2 is 1.69 bits per heavy atom. The van der Waals surface area contributed by atoms with Gasteiger partial charge in [-0.25, -0.2) is 8.78 Å². The van der Waals surface area contributed by atoms with E-state index in [4.69, 9.17) is 22.1 Å². The average molecular weight is 666 g/mol. The maximum atomic E-state index is 15.7. The van der Waals surface area contributed by atoms with Crippen LogP contribution in [0.25, 0.3) is 11.1 Å².